The predicted molar refractivity (Wildman–Crippen MR) is 105 cm³/mol. The molecule has 4 aromatic rings. The molecule has 0 radical (unpaired) electrons. The molecule has 0 saturated carbocycles. The Kier molecular flexibility index (Phi) is 4.86. The molecule has 0 aliphatic carbocycles. The van der Waals surface area contributed by atoms with Gasteiger partial charge in [0.1, 0.15) is 12.2 Å². The van der Waals surface area contributed by atoms with Crippen LogP contribution in [0.2, 0.25) is 0 Å². The number of carboxylic acid groups (broad SMARTS) is 1. The first kappa shape index (κ1) is 18.1. The van der Waals surface area contributed by atoms with E-state index in [2.05, 4.69) is 27.1 Å². The van der Waals surface area contributed by atoms with Gasteiger partial charge in [0.05, 0.1) is 18.3 Å². The fraction of sp³-hybridized carbons (Fsp3) is 0.0952. The van der Waals surface area contributed by atoms with Crippen molar-refractivity contribution in [2.45, 2.75) is 13.1 Å². The second kappa shape index (κ2) is 7.78. The number of hydrogen-bond donors (Lipinski definition) is 1. The Balaban J connectivity index is 1.59. The maximum atomic E-state index is 12.4. The monoisotopic (exact) mass is 385 g/mol. The van der Waals surface area contributed by atoms with Crippen molar-refractivity contribution in [2.24, 2.45) is 0 Å². The lowest BCUT2D eigenvalue weighted by molar-refractivity contribution is 0.0697. The highest BCUT2D eigenvalue weighted by atomic mass is 16.4. The molecular weight excluding hydrogens is 370 g/mol. The number of rotatable bonds is 4. The summed E-state index contributed by atoms with van der Waals surface area (Å²) in [7, 11) is 0. The number of carbonyl (C=O) groups is 1. The average Bonchev–Trinajstić information content (AvgIpc) is 3.23. The largest absolute Gasteiger partial charge is 0.478 e. The van der Waals surface area contributed by atoms with Crippen LogP contribution in [0, 0.1) is 11.8 Å². The maximum Gasteiger partial charge on any atom is 0.335 e. The lowest BCUT2D eigenvalue weighted by atomic mass is 10.1. The third kappa shape index (κ3) is 4.20. The third-order valence-corrected chi connectivity index (χ3v) is 4.31. The summed E-state index contributed by atoms with van der Waals surface area (Å²) in [6, 6.07) is 9.81. The number of pyridine rings is 2. The summed E-state index contributed by atoms with van der Waals surface area (Å²) in [6.45, 7) is 0.746. The molecule has 142 valence electrons. The van der Waals surface area contributed by atoms with E-state index < -0.39 is 5.97 Å². The van der Waals surface area contributed by atoms with Gasteiger partial charge in [-0.3, -0.25) is 4.79 Å². The van der Waals surface area contributed by atoms with Crippen molar-refractivity contribution in [1.82, 2.24) is 24.5 Å². The van der Waals surface area contributed by atoms with E-state index in [1.165, 1.54) is 18.2 Å². The lowest BCUT2D eigenvalue weighted by Gasteiger charge is -2.08. The van der Waals surface area contributed by atoms with Crippen LogP contribution in [0.5, 0.6) is 0 Å². The fourth-order valence-corrected chi connectivity index (χ4v) is 2.83. The van der Waals surface area contributed by atoms with Crippen LogP contribution in [0.25, 0.3) is 10.8 Å². The van der Waals surface area contributed by atoms with E-state index in [9.17, 15) is 9.59 Å². The van der Waals surface area contributed by atoms with E-state index >= 15 is 0 Å². The summed E-state index contributed by atoms with van der Waals surface area (Å²) in [6.07, 6.45) is 6.70. The number of carboxylic acids is 1. The molecule has 1 aromatic carbocycles. The Hall–Kier alpha value is -4.25. The minimum Gasteiger partial charge on any atom is -0.478 e. The first-order valence-electron chi connectivity index (χ1n) is 8.74. The van der Waals surface area contributed by atoms with Gasteiger partial charge in [-0.1, -0.05) is 23.3 Å². The molecule has 1 N–H and O–H groups in total. The number of aromatic nitrogens is 5. The second-order valence-electron chi connectivity index (χ2n) is 6.34. The SMILES string of the molecule is O=C(O)c1ccc(Cn2cc3cc(C#CCn4ccnn4)ncc3cc2=O)cc1. The Morgan fingerprint density at radius 2 is 1.97 bits per heavy atom. The summed E-state index contributed by atoms with van der Waals surface area (Å²) in [5.41, 5.74) is 1.47. The summed E-state index contributed by atoms with van der Waals surface area (Å²) in [5, 5.41) is 18.1. The molecule has 0 saturated heterocycles. The van der Waals surface area contributed by atoms with Gasteiger partial charge >= 0.3 is 5.97 Å². The predicted octanol–water partition coefficient (Wildman–Crippen LogP) is 1.79. The molecule has 0 aliphatic rings. The summed E-state index contributed by atoms with van der Waals surface area (Å²) < 4.78 is 3.19. The van der Waals surface area contributed by atoms with Crippen molar-refractivity contribution in [2.75, 3.05) is 0 Å². The van der Waals surface area contributed by atoms with Crippen LogP contribution in [-0.4, -0.2) is 35.6 Å². The number of benzene rings is 1. The van der Waals surface area contributed by atoms with Crippen LogP contribution in [0.4, 0.5) is 0 Å². The lowest BCUT2D eigenvalue weighted by Crippen LogP contribution is -2.19. The van der Waals surface area contributed by atoms with Crippen LogP contribution in [0.1, 0.15) is 21.6 Å². The highest BCUT2D eigenvalue weighted by Crippen LogP contribution is 2.13. The zero-order valence-electron chi connectivity index (χ0n) is 15.2. The summed E-state index contributed by atoms with van der Waals surface area (Å²) >= 11 is 0. The van der Waals surface area contributed by atoms with Crippen LogP contribution in [-0.2, 0) is 13.1 Å². The number of aromatic carboxylic acids is 1. The van der Waals surface area contributed by atoms with Crippen molar-refractivity contribution >= 4 is 16.7 Å². The van der Waals surface area contributed by atoms with E-state index in [0.717, 1.165) is 16.3 Å². The minimum absolute atomic E-state index is 0.161. The maximum absolute atomic E-state index is 12.4. The van der Waals surface area contributed by atoms with Crippen LogP contribution < -0.4 is 5.56 Å². The molecule has 0 unspecified atom stereocenters. The molecule has 0 amide bonds. The van der Waals surface area contributed by atoms with Gasteiger partial charge in [-0.05, 0) is 29.7 Å². The normalized spacial score (nSPS) is 10.5. The highest BCUT2D eigenvalue weighted by molar-refractivity contribution is 5.87. The molecule has 3 heterocycles. The molecule has 0 spiro atoms. The zero-order valence-corrected chi connectivity index (χ0v) is 15.2. The van der Waals surface area contributed by atoms with Crippen molar-refractivity contribution in [3.8, 4) is 11.8 Å². The summed E-state index contributed by atoms with van der Waals surface area (Å²) in [4.78, 5) is 27.6. The van der Waals surface area contributed by atoms with E-state index in [-0.39, 0.29) is 11.1 Å². The van der Waals surface area contributed by atoms with Gasteiger partial charge in [0.25, 0.3) is 5.56 Å². The van der Waals surface area contributed by atoms with Crippen molar-refractivity contribution < 1.29 is 9.90 Å². The van der Waals surface area contributed by atoms with Gasteiger partial charge in [-0.25, -0.2) is 14.5 Å². The zero-order chi connectivity index (χ0) is 20.2. The Morgan fingerprint density at radius 3 is 2.69 bits per heavy atom. The molecule has 8 nitrogen and oxygen atoms in total. The van der Waals surface area contributed by atoms with Gasteiger partial charge in [0, 0.05) is 35.4 Å². The van der Waals surface area contributed by atoms with Crippen molar-refractivity contribution in [3.05, 3.63) is 88.4 Å². The van der Waals surface area contributed by atoms with E-state index in [1.807, 2.05) is 6.07 Å². The number of hydrogen-bond acceptors (Lipinski definition) is 5. The molecule has 0 atom stereocenters. The Morgan fingerprint density at radius 1 is 1.14 bits per heavy atom. The number of fused-ring (bicyclic) bond motifs is 1. The van der Waals surface area contributed by atoms with Crippen molar-refractivity contribution in [3.63, 3.8) is 0 Å². The molecule has 0 bridgehead atoms. The highest BCUT2D eigenvalue weighted by Gasteiger charge is 2.05. The molecule has 29 heavy (non-hydrogen) atoms. The first-order chi connectivity index (χ1) is 14.1. The average molecular weight is 385 g/mol. The van der Waals surface area contributed by atoms with Gasteiger partial charge < -0.3 is 9.67 Å². The molecular formula is C21H15N5O3. The molecule has 8 heteroatoms. The Bertz CT molecular complexity index is 1300. The van der Waals surface area contributed by atoms with E-state index in [1.54, 1.807) is 46.2 Å². The smallest absolute Gasteiger partial charge is 0.335 e. The quantitative estimate of drug-likeness (QED) is 0.537. The van der Waals surface area contributed by atoms with Crippen LogP contribution in [0.3, 0.4) is 0 Å². The Labute approximate surface area is 165 Å². The van der Waals surface area contributed by atoms with Crippen LogP contribution in [0.15, 0.2) is 66.0 Å². The number of nitrogens with zero attached hydrogens (tertiary/aromatic N) is 5. The molecule has 3 aromatic heterocycles. The van der Waals surface area contributed by atoms with Crippen molar-refractivity contribution in [1.29, 1.82) is 0 Å². The summed E-state index contributed by atoms with van der Waals surface area (Å²) in [5.74, 6) is 4.98. The second-order valence-corrected chi connectivity index (χ2v) is 6.34. The van der Waals surface area contributed by atoms with Crippen LogP contribution >= 0.6 is 0 Å². The molecule has 0 aliphatic heterocycles. The fourth-order valence-electron chi connectivity index (χ4n) is 2.83. The molecule has 4 rings (SSSR count). The topological polar surface area (TPSA) is 103 Å². The first-order valence-corrected chi connectivity index (χ1v) is 8.74. The van der Waals surface area contributed by atoms with E-state index in [4.69, 9.17) is 5.11 Å². The van der Waals surface area contributed by atoms with Gasteiger partial charge in [-0.2, -0.15) is 0 Å². The van der Waals surface area contributed by atoms with Gasteiger partial charge in [0.2, 0.25) is 0 Å². The molecule has 0 fully saturated rings. The van der Waals surface area contributed by atoms with E-state index in [0.29, 0.717) is 18.8 Å². The standard InChI is InChI=1S/C21H15N5O3/c27-20-11-17-12-22-19(2-1-8-26-9-7-23-24-26)10-18(17)14-25(20)13-15-3-5-16(6-4-15)21(28)29/h3-7,9-12,14H,8,13H2,(H,28,29). The minimum atomic E-state index is -0.982. The van der Waals surface area contributed by atoms with Gasteiger partial charge in [-0.15, -0.1) is 5.10 Å². The van der Waals surface area contributed by atoms with Gasteiger partial charge in [0.15, 0.2) is 0 Å². The third-order valence-electron chi connectivity index (χ3n) is 4.31.